The lowest BCUT2D eigenvalue weighted by Gasteiger charge is -2.05. The highest BCUT2D eigenvalue weighted by Crippen LogP contribution is 2.21. The molecule has 0 radical (unpaired) electrons. The van der Waals surface area contributed by atoms with Crippen molar-refractivity contribution in [3.63, 3.8) is 0 Å². The van der Waals surface area contributed by atoms with Crippen molar-refractivity contribution < 1.29 is 8.42 Å². The largest absolute Gasteiger partial charge is 0.398 e. The Hall–Kier alpha value is -0.880. The van der Waals surface area contributed by atoms with E-state index in [0.29, 0.717) is 16.3 Å². The summed E-state index contributed by atoms with van der Waals surface area (Å²) in [5, 5.41) is 0. The van der Waals surface area contributed by atoms with E-state index in [2.05, 4.69) is 17.4 Å². The second-order valence-electron chi connectivity index (χ2n) is 2.65. The van der Waals surface area contributed by atoms with Crippen molar-refractivity contribution in [3.8, 4) is 0 Å². The van der Waals surface area contributed by atoms with Crippen LogP contribution in [0.1, 0.15) is 0 Å². The molecule has 6 heteroatoms. The molecular weight excluding hydrogens is 208 g/mol. The van der Waals surface area contributed by atoms with E-state index in [-0.39, 0.29) is 0 Å². The highest BCUT2D eigenvalue weighted by molar-refractivity contribution is 7.92. The minimum Gasteiger partial charge on any atom is -0.398 e. The average Bonchev–Trinajstić information content (AvgIpc) is 1.94. The Bertz CT molecular complexity index is 415. The number of sulfonamides is 1. The summed E-state index contributed by atoms with van der Waals surface area (Å²) in [7, 11) is -3.23. The summed E-state index contributed by atoms with van der Waals surface area (Å²) in [4.78, 5) is 0.550. The Morgan fingerprint density at radius 3 is 2.54 bits per heavy atom. The fourth-order valence-electron chi connectivity index (χ4n) is 0.821. The van der Waals surface area contributed by atoms with Crippen LogP contribution >= 0.6 is 12.6 Å². The quantitative estimate of drug-likeness (QED) is 0.511. The van der Waals surface area contributed by atoms with Crippen molar-refractivity contribution in [2.75, 3.05) is 16.7 Å². The van der Waals surface area contributed by atoms with Crippen molar-refractivity contribution in [1.82, 2.24) is 0 Å². The molecule has 0 aliphatic heterocycles. The Labute approximate surface area is 82.6 Å². The van der Waals surface area contributed by atoms with Gasteiger partial charge in [0.1, 0.15) is 0 Å². The monoisotopic (exact) mass is 218 g/mol. The zero-order chi connectivity index (χ0) is 10.1. The van der Waals surface area contributed by atoms with Crippen molar-refractivity contribution in [1.29, 1.82) is 0 Å². The van der Waals surface area contributed by atoms with E-state index in [9.17, 15) is 8.42 Å². The minimum absolute atomic E-state index is 0.460. The maximum absolute atomic E-state index is 10.8. The molecule has 72 valence electrons. The second kappa shape index (κ2) is 3.47. The minimum atomic E-state index is -3.23. The van der Waals surface area contributed by atoms with Gasteiger partial charge in [-0.05, 0) is 18.2 Å². The molecule has 1 aromatic carbocycles. The summed E-state index contributed by atoms with van der Waals surface area (Å²) in [5.74, 6) is 0. The molecule has 0 saturated carbocycles. The van der Waals surface area contributed by atoms with Gasteiger partial charge < -0.3 is 5.73 Å². The van der Waals surface area contributed by atoms with Gasteiger partial charge in [-0.1, -0.05) is 0 Å². The number of nitrogens with two attached hydrogens (primary N) is 1. The summed E-state index contributed by atoms with van der Waals surface area (Å²) in [6.07, 6.45) is 1.08. The first-order chi connectivity index (χ1) is 5.88. The molecule has 0 fully saturated rings. The predicted molar refractivity (Wildman–Crippen MR) is 56.6 cm³/mol. The van der Waals surface area contributed by atoms with Gasteiger partial charge in [-0.3, -0.25) is 4.72 Å². The summed E-state index contributed by atoms with van der Waals surface area (Å²) in [5.41, 5.74) is 6.47. The Morgan fingerprint density at radius 2 is 2.08 bits per heavy atom. The van der Waals surface area contributed by atoms with E-state index < -0.39 is 10.0 Å². The first-order valence-corrected chi connectivity index (χ1v) is 5.78. The number of anilines is 2. The van der Waals surface area contributed by atoms with Crippen LogP contribution in [-0.4, -0.2) is 14.7 Å². The van der Waals surface area contributed by atoms with Gasteiger partial charge in [0.05, 0.1) is 6.26 Å². The molecule has 4 nitrogen and oxygen atoms in total. The van der Waals surface area contributed by atoms with Crippen molar-refractivity contribution in [2.45, 2.75) is 4.90 Å². The Morgan fingerprint density at radius 1 is 1.46 bits per heavy atom. The van der Waals surface area contributed by atoms with E-state index in [1.807, 2.05) is 0 Å². The third-order valence-corrected chi connectivity index (χ3v) is 2.33. The van der Waals surface area contributed by atoms with Crippen LogP contribution in [0.2, 0.25) is 0 Å². The number of hydrogen-bond acceptors (Lipinski definition) is 4. The van der Waals surface area contributed by atoms with Crippen LogP contribution in [-0.2, 0) is 10.0 Å². The molecule has 0 aliphatic carbocycles. The third kappa shape index (κ3) is 3.16. The number of benzene rings is 1. The number of nitrogen functional groups attached to an aromatic ring is 1. The number of nitrogens with one attached hydrogen (secondary N) is 1. The number of hydrogen-bond donors (Lipinski definition) is 3. The number of thiol groups is 1. The van der Waals surface area contributed by atoms with E-state index in [1.54, 1.807) is 18.2 Å². The van der Waals surface area contributed by atoms with Crippen molar-refractivity contribution in [2.24, 2.45) is 0 Å². The molecular formula is C7H10N2O2S2. The maximum atomic E-state index is 10.8. The van der Waals surface area contributed by atoms with Crippen LogP contribution in [0.5, 0.6) is 0 Å². The van der Waals surface area contributed by atoms with Crippen LogP contribution in [0.25, 0.3) is 0 Å². The standard InChI is InChI=1S/C7H10N2O2S2/c1-13(10,11)9-5-2-3-6(8)7(12)4-5/h2-4,9,12H,8H2,1H3. The smallest absolute Gasteiger partial charge is 0.229 e. The molecule has 0 bridgehead atoms. The van der Waals surface area contributed by atoms with Gasteiger partial charge in [-0.15, -0.1) is 12.6 Å². The molecule has 1 rings (SSSR count). The molecule has 0 spiro atoms. The predicted octanol–water partition coefficient (Wildman–Crippen LogP) is 0.929. The van der Waals surface area contributed by atoms with E-state index in [0.717, 1.165) is 6.26 Å². The van der Waals surface area contributed by atoms with Gasteiger partial charge in [0.2, 0.25) is 10.0 Å². The highest BCUT2D eigenvalue weighted by atomic mass is 32.2. The SMILES string of the molecule is CS(=O)(=O)Nc1ccc(N)c(S)c1. The van der Waals surface area contributed by atoms with Gasteiger partial charge in [-0.2, -0.15) is 0 Å². The Kier molecular flexibility index (Phi) is 2.72. The van der Waals surface area contributed by atoms with E-state index >= 15 is 0 Å². The Balaban J connectivity index is 2.99. The van der Waals surface area contributed by atoms with Gasteiger partial charge in [-0.25, -0.2) is 8.42 Å². The first-order valence-electron chi connectivity index (χ1n) is 3.45. The van der Waals surface area contributed by atoms with E-state index in [1.165, 1.54) is 0 Å². The van der Waals surface area contributed by atoms with Crippen molar-refractivity contribution in [3.05, 3.63) is 18.2 Å². The van der Waals surface area contributed by atoms with Gasteiger partial charge in [0, 0.05) is 16.3 Å². The zero-order valence-electron chi connectivity index (χ0n) is 6.98. The molecule has 0 aromatic heterocycles. The van der Waals surface area contributed by atoms with Gasteiger partial charge in [0.25, 0.3) is 0 Å². The van der Waals surface area contributed by atoms with Gasteiger partial charge >= 0.3 is 0 Å². The van der Waals surface area contributed by atoms with Crippen LogP contribution in [0.3, 0.4) is 0 Å². The van der Waals surface area contributed by atoms with Crippen LogP contribution in [0.4, 0.5) is 11.4 Å². The lowest BCUT2D eigenvalue weighted by Crippen LogP contribution is -2.09. The average molecular weight is 218 g/mol. The fourth-order valence-corrected chi connectivity index (χ4v) is 1.59. The van der Waals surface area contributed by atoms with Crippen LogP contribution in [0.15, 0.2) is 23.1 Å². The lowest BCUT2D eigenvalue weighted by molar-refractivity contribution is 0.607. The topological polar surface area (TPSA) is 72.2 Å². The fraction of sp³-hybridized carbons (Fsp3) is 0.143. The molecule has 0 unspecified atom stereocenters. The van der Waals surface area contributed by atoms with Crippen LogP contribution in [0, 0.1) is 0 Å². The summed E-state index contributed by atoms with van der Waals surface area (Å²) < 4.78 is 24.0. The summed E-state index contributed by atoms with van der Waals surface area (Å²) in [6.45, 7) is 0. The number of rotatable bonds is 2. The normalized spacial score (nSPS) is 11.2. The molecule has 3 N–H and O–H groups in total. The highest BCUT2D eigenvalue weighted by Gasteiger charge is 2.02. The third-order valence-electron chi connectivity index (χ3n) is 1.33. The van der Waals surface area contributed by atoms with Gasteiger partial charge in [0.15, 0.2) is 0 Å². The molecule has 1 aromatic rings. The summed E-state index contributed by atoms with van der Waals surface area (Å²) >= 11 is 4.06. The second-order valence-corrected chi connectivity index (χ2v) is 4.88. The first kappa shape index (κ1) is 10.2. The lowest BCUT2D eigenvalue weighted by atomic mass is 10.3. The summed E-state index contributed by atoms with van der Waals surface area (Å²) in [6, 6.07) is 4.73. The van der Waals surface area contributed by atoms with E-state index in [4.69, 9.17) is 5.73 Å². The molecule has 0 heterocycles. The maximum Gasteiger partial charge on any atom is 0.229 e. The molecule has 0 amide bonds. The molecule has 0 aliphatic rings. The van der Waals surface area contributed by atoms with Crippen molar-refractivity contribution >= 4 is 34.0 Å². The molecule has 13 heavy (non-hydrogen) atoms. The zero-order valence-corrected chi connectivity index (χ0v) is 8.69. The molecule has 0 atom stereocenters. The molecule has 0 saturated heterocycles. The van der Waals surface area contributed by atoms with Crippen LogP contribution < -0.4 is 10.5 Å².